The van der Waals surface area contributed by atoms with Gasteiger partial charge in [0.15, 0.2) is 6.61 Å². The topological polar surface area (TPSA) is 61.9 Å². The molecule has 2 aromatic rings. The number of hydrogen-bond donors (Lipinski definition) is 1. The Labute approximate surface area is 165 Å². The van der Waals surface area contributed by atoms with Crippen molar-refractivity contribution in [1.29, 1.82) is 0 Å². The Morgan fingerprint density at radius 2 is 1.75 bits per heavy atom. The fraction of sp³-hybridized carbons (Fsp3) is 0.364. The minimum atomic E-state index is -0.127. The minimum absolute atomic E-state index is 0.0105. The van der Waals surface area contributed by atoms with Crippen molar-refractivity contribution in [3.63, 3.8) is 0 Å². The van der Waals surface area contributed by atoms with Crippen molar-refractivity contribution in [3.8, 4) is 5.75 Å². The highest BCUT2D eigenvalue weighted by Gasteiger charge is 2.25. The molecule has 2 aromatic carbocycles. The maximum absolute atomic E-state index is 12.4. The molecule has 6 heteroatoms. The summed E-state index contributed by atoms with van der Waals surface area (Å²) in [5.74, 6) is 0.440. The first-order valence-electron chi connectivity index (χ1n) is 9.88. The smallest absolute Gasteiger partial charge is 0.265 e. The second-order valence-electron chi connectivity index (χ2n) is 7.19. The number of piperidine rings is 1. The van der Waals surface area contributed by atoms with Gasteiger partial charge in [0.2, 0.25) is 5.91 Å². The number of nitrogens with one attached hydrogen (secondary N) is 1. The summed E-state index contributed by atoms with van der Waals surface area (Å²) in [6.45, 7) is 2.54. The molecule has 0 bridgehead atoms. The molecule has 0 spiro atoms. The summed E-state index contributed by atoms with van der Waals surface area (Å²) in [5.41, 5.74) is 2.70. The van der Waals surface area contributed by atoms with Gasteiger partial charge in [-0.3, -0.25) is 9.59 Å². The van der Waals surface area contributed by atoms with Crippen LogP contribution < -0.4 is 19.9 Å². The van der Waals surface area contributed by atoms with Crippen LogP contribution in [0.4, 0.5) is 17.1 Å². The number of rotatable bonds is 5. The number of ether oxygens (including phenoxy) is 1. The molecule has 0 aromatic heterocycles. The second kappa shape index (κ2) is 8.33. The van der Waals surface area contributed by atoms with E-state index < -0.39 is 0 Å². The fourth-order valence-corrected chi connectivity index (χ4v) is 3.74. The molecule has 28 heavy (non-hydrogen) atoms. The van der Waals surface area contributed by atoms with E-state index in [0.29, 0.717) is 12.3 Å². The highest BCUT2D eigenvalue weighted by atomic mass is 16.5. The van der Waals surface area contributed by atoms with Gasteiger partial charge in [0.25, 0.3) is 5.91 Å². The van der Waals surface area contributed by atoms with Crippen molar-refractivity contribution in [3.05, 3.63) is 48.5 Å². The SMILES string of the molecule is O=C(CCN1C(=O)COc2ccccc21)Nc1ccc(N2CCCCC2)cc1. The summed E-state index contributed by atoms with van der Waals surface area (Å²) < 4.78 is 5.43. The van der Waals surface area contributed by atoms with E-state index in [1.807, 2.05) is 36.4 Å². The summed E-state index contributed by atoms with van der Waals surface area (Å²) >= 11 is 0. The summed E-state index contributed by atoms with van der Waals surface area (Å²) in [6.07, 6.45) is 4.01. The summed E-state index contributed by atoms with van der Waals surface area (Å²) in [6, 6.07) is 15.4. The Bertz CT molecular complexity index is 844. The third kappa shape index (κ3) is 4.11. The van der Waals surface area contributed by atoms with E-state index in [9.17, 15) is 9.59 Å². The average Bonchev–Trinajstić information content (AvgIpc) is 2.74. The van der Waals surface area contributed by atoms with Crippen LogP contribution in [-0.2, 0) is 9.59 Å². The van der Waals surface area contributed by atoms with E-state index in [1.165, 1.54) is 24.9 Å². The third-order valence-corrected chi connectivity index (χ3v) is 5.24. The van der Waals surface area contributed by atoms with Crippen LogP contribution in [0.1, 0.15) is 25.7 Å². The molecule has 6 nitrogen and oxygen atoms in total. The standard InChI is InChI=1S/C22H25N3O3/c26-21(12-15-25-19-6-2-3-7-20(19)28-16-22(25)27)23-17-8-10-18(11-9-17)24-13-4-1-5-14-24/h2-3,6-11H,1,4-5,12-16H2,(H,23,26). The van der Waals surface area contributed by atoms with Crippen LogP contribution in [0.15, 0.2) is 48.5 Å². The van der Waals surface area contributed by atoms with Crippen LogP contribution in [0, 0.1) is 0 Å². The molecule has 0 atom stereocenters. The summed E-state index contributed by atoms with van der Waals surface area (Å²) in [5, 5.41) is 2.92. The van der Waals surface area contributed by atoms with Crippen LogP contribution in [0.3, 0.4) is 0 Å². The van der Waals surface area contributed by atoms with Crippen molar-refractivity contribution in [2.75, 3.05) is 41.4 Å². The maximum atomic E-state index is 12.4. The molecule has 1 N–H and O–H groups in total. The van der Waals surface area contributed by atoms with Gasteiger partial charge in [0, 0.05) is 37.4 Å². The van der Waals surface area contributed by atoms with Gasteiger partial charge in [-0.25, -0.2) is 0 Å². The number of hydrogen-bond acceptors (Lipinski definition) is 4. The molecule has 4 rings (SSSR count). The van der Waals surface area contributed by atoms with E-state index in [0.717, 1.165) is 24.5 Å². The van der Waals surface area contributed by atoms with Crippen LogP contribution >= 0.6 is 0 Å². The van der Waals surface area contributed by atoms with Gasteiger partial charge in [0.1, 0.15) is 5.75 Å². The van der Waals surface area contributed by atoms with Crippen molar-refractivity contribution in [2.24, 2.45) is 0 Å². The molecule has 0 unspecified atom stereocenters. The number of amides is 2. The second-order valence-corrected chi connectivity index (χ2v) is 7.19. The van der Waals surface area contributed by atoms with E-state index in [2.05, 4.69) is 22.3 Å². The number of nitrogens with zero attached hydrogens (tertiary/aromatic N) is 2. The fourth-order valence-electron chi connectivity index (χ4n) is 3.74. The molecule has 0 radical (unpaired) electrons. The van der Waals surface area contributed by atoms with Gasteiger partial charge in [-0.05, 0) is 55.7 Å². The van der Waals surface area contributed by atoms with Gasteiger partial charge in [-0.15, -0.1) is 0 Å². The summed E-state index contributed by atoms with van der Waals surface area (Å²) in [4.78, 5) is 28.6. The Kier molecular flexibility index (Phi) is 5.46. The first kappa shape index (κ1) is 18.3. The van der Waals surface area contributed by atoms with Gasteiger partial charge in [-0.1, -0.05) is 12.1 Å². The molecule has 0 aliphatic carbocycles. The van der Waals surface area contributed by atoms with Crippen molar-refractivity contribution in [1.82, 2.24) is 0 Å². The molecular formula is C22H25N3O3. The number of benzene rings is 2. The summed E-state index contributed by atoms with van der Waals surface area (Å²) in [7, 11) is 0. The molecule has 1 fully saturated rings. The van der Waals surface area contributed by atoms with E-state index >= 15 is 0 Å². The van der Waals surface area contributed by atoms with Crippen molar-refractivity contribution < 1.29 is 14.3 Å². The molecule has 2 heterocycles. The quantitative estimate of drug-likeness (QED) is 0.865. The number of carbonyl (C=O) groups is 2. The minimum Gasteiger partial charge on any atom is -0.482 e. The Morgan fingerprint density at radius 1 is 1.00 bits per heavy atom. The van der Waals surface area contributed by atoms with Crippen LogP contribution in [-0.4, -0.2) is 38.1 Å². The van der Waals surface area contributed by atoms with Crippen molar-refractivity contribution >= 4 is 28.9 Å². The number of para-hydroxylation sites is 2. The predicted octanol–water partition coefficient (Wildman–Crippen LogP) is 3.43. The lowest BCUT2D eigenvalue weighted by Gasteiger charge is -2.29. The monoisotopic (exact) mass is 379 g/mol. The highest BCUT2D eigenvalue weighted by molar-refractivity contribution is 5.99. The zero-order valence-electron chi connectivity index (χ0n) is 15.9. The Balaban J connectivity index is 1.33. The van der Waals surface area contributed by atoms with E-state index in [1.54, 1.807) is 4.90 Å². The molecule has 2 amide bonds. The normalized spacial score (nSPS) is 16.4. The lowest BCUT2D eigenvalue weighted by atomic mass is 10.1. The van der Waals surface area contributed by atoms with Gasteiger partial charge < -0.3 is 19.9 Å². The van der Waals surface area contributed by atoms with Gasteiger partial charge in [-0.2, -0.15) is 0 Å². The highest BCUT2D eigenvalue weighted by Crippen LogP contribution is 2.31. The Hall–Kier alpha value is -3.02. The number of fused-ring (bicyclic) bond motifs is 1. The van der Waals surface area contributed by atoms with Gasteiger partial charge >= 0.3 is 0 Å². The molecular weight excluding hydrogens is 354 g/mol. The maximum Gasteiger partial charge on any atom is 0.265 e. The average molecular weight is 379 g/mol. The van der Waals surface area contributed by atoms with Crippen LogP contribution in [0.5, 0.6) is 5.75 Å². The lowest BCUT2D eigenvalue weighted by molar-refractivity contribution is -0.121. The first-order valence-corrected chi connectivity index (χ1v) is 9.88. The zero-order chi connectivity index (χ0) is 19.3. The number of carbonyl (C=O) groups excluding carboxylic acids is 2. The first-order chi connectivity index (χ1) is 13.7. The predicted molar refractivity (Wildman–Crippen MR) is 110 cm³/mol. The molecule has 146 valence electrons. The van der Waals surface area contributed by atoms with Crippen LogP contribution in [0.2, 0.25) is 0 Å². The molecule has 2 aliphatic heterocycles. The van der Waals surface area contributed by atoms with E-state index in [-0.39, 0.29) is 24.8 Å². The Morgan fingerprint density at radius 3 is 2.54 bits per heavy atom. The van der Waals surface area contributed by atoms with Crippen LogP contribution in [0.25, 0.3) is 0 Å². The van der Waals surface area contributed by atoms with Crippen molar-refractivity contribution in [2.45, 2.75) is 25.7 Å². The third-order valence-electron chi connectivity index (χ3n) is 5.24. The van der Waals surface area contributed by atoms with Gasteiger partial charge in [0.05, 0.1) is 5.69 Å². The molecule has 2 aliphatic rings. The molecule has 0 saturated carbocycles. The molecule has 1 saturated heterocycles. The van der Waals surface area contributed by atoms with E-state index in [4.69, 9.17) is 4.74 Å². The largest absolute Gasteiger partial charge is 0.482 e. The number of anilines is 3. The lowest BCUT2D eigenvalue weighted by Crippen LogP contribution is -2.40. The zero-order valence-corrected chi connectivity index (χ0v) is 15.9.